The summed E-state index contributed by atoms with van der Waals surface area (Å²) in [6, 6.07) is 7.12. The third-order valence-corrected chi connectivity index (χ3v) is 4.59. The maximum absolute atomic E-state index is 12.2. The van der Waals surface area contributed by atoms with E-state index in [1.165, 1.54) is 11.3 Å². The molecule has 5 nitrogen and oxygen atoms in total. The van der Waals surface area contributed by atoms with Crippen LogP contribution >= 0.6 is 11.3 Å². The van der Waals surface area contributed by atoms with Crippen molar-refractivity contribution in [1.29, 1.82) is 0 Å². The molecule has 1 aromatic carbocycles. The van der Waals surface area contributed by atoms with Gasteiger partial charge in [-0.3, -0.25) is 14.3 Å². The minimum Gasteiger partial charge on any atom is -0.296 e. The summed E-state index contributed by atoms with van der Waals surface area (Å²) in [6.45, 7) is 4.06. The molecule has 1 aromatic heterocycles. The van der Waals surface area contributed by atoms with Crippen molar-refractivity contribution >= 4 is 33.2 Å². The molecule has 0 radical (unpaired) electrons. The number of aromatic nitrogens is 2. The molecule has 21 heavy (non-hydrogen) atoms. The highest BCUT2D eigenvalue weighted by Crippen LogP contribution is 2.22. The van der Waals surface area contributed by atoms with E-state index in [2.05, 4.69) is 15.5 Å². The van der Waals surface area contributed by atoms with E-state index in [1.807, 2.05) is 19.9 Å². The molecule has 0 unspecified atom stereocenters. The van der Waals surface area contributed by atoms with Crippen LogP contribution in [-0.2, 0) is 16.6 Å². The SMILES string of the molecule is CC(C)c1nnc(NC(=O)c2cccc(C[S@@](C)=O)c2)s1. The van der Waals surface area contributed by atoms with Gasteiger partial charge in [0.05, 0.1) is 0 Å². The van der Waals surface area contributed by atoms with Crippen molar-refractivity contribution < 1.29 is 9.00 Å². The first kappa shape index (κ1) is 15.8. The Bertz CT molecular complexity index is 668. The Labute approximate surface area is 130 Å². The standard InChI is InChI=1S/C14H17N3O2S2/c1-9(2)13-16-17-14(20-13)15-12(18)11-6-4-5-10(7-11)8-21(3)19/h4-7,9H,8H2,1-3H3,(H,15,17,18)/t21-/m1/s1. The summed E-state index contributed by atoms with van der Waals surface area (Å²) >= 11 is 1.38. The molecule has 0 aliphatic heterocycles. The minimum atomic E-state index is -0.930. The molecule has 0 saturated heterocycles. The van der Waals surface area contributed by atoms with Crippen LogP contribution in [0.4, 0.5) is 5.13 Å². The normalized spacial score (nSPS) is 12.4. The quantitative estimate of drug-likeness (QED) is 0.918. The molecule has 2 rings (SSSR count). The van der Waals surface area contributed by atoms with Crippen LogP contribution in [0.1, 0.15) is 40.7 Å². The Morgan fingerprint density at radius 2 is 2.14 bits per heavy atom. The number of amides is 1. The van der Waals surface area contributed by atoms with Gasteiger partial charge in [0.2, 0.25) is 5.13 Å². The smallest absolute Gasteiger partial charge is 0.257 e. The largest absolute Gasteiger partial charge is 0.296 e. The maximum Gasteiger partial charge on any atom is 0.257 e. The fraction of sp³-hybridized carbons (Fsp3) is 0.357. The van der Waals surface area contributed by atoms with Crippen molar-refractivity contribution in [3.05, 3.63) is 40.4 Å². The lowest BCUT2D eigenvalue weighted by Crippen LogP contribution is -2.12. The lowest BCUT2D eigenvalue weighted by Gasteiger charge is -2.04. The summed E-state index contributed by atoms with van der Waals surface area (Å²) in [6.07, 6.45) is 1.64. The molecule has 1 N–H and O–H groups in total. The summed E-state index contributed by atoms with van der Waals surface area (Å²) in [5.41, 5.74) is 1.41. The molecule has 1 heterocycles. The van der Waals surface area contributed by atoms with Crippen LogP contribution in [0, 0.1) is 0 Å². The van der Waals surface area contributed by atoms with E-state index in [4.69, 9.17) is 0 Å². The number of anilines is 1. The number of hydrogen-bond acceptors (Lipinski definition) is 5. The molecule has 112 valence electrons. The lowest BCUT2D eigenvalue weighted by atomic mass is 10.1. The second-order valence-corrected chi connectivity index (χ2v) is 7.42. The van der Waals surface area contributed by atoms with E-state index < -0.39 is 10.8 Å². The zero-order valence-electron chi connectivity index (χ0n) is 12.1. The average Bonchev–Trinajstić information content (AvgIpc) is 2.87. The topological polar surface area (TPSA) is 72.0 Å². The van der Waals surface area contributed by atoms with E-state index in [1.54, 1.807) is 24.5 Å². The van der Waals surface area contributed by atoms with Gasteiger partial charge in [-0.2, -0.15) is 0 Å². The number of rotatable bonds is 5. The van der Waals surface area contributed by atoms with Crippen LogP contribution < -0.4 is 5.32 Å². The fourth-order valence-corrected chi connectivity index (χ4v) is 3.11. The van der Waals surface area contributed by atoms with Crippen LogP contribution in [0.5, 0.6) is 0 Å². The van der Waals surface area contributed by atoms with E-state index in [9.17, 15) is 9.00 Å². The number of benzene rings is 1. The summed E-state index contributed by atoms with van der Waals surface area (Å²) in [7, 11) is -0.930. The third-order valence-electron chi connectivity index (χ3n) is 2.71. The number of nitrogens with one attached hydrogen (secondary N) is 1. The summed E-state index contributed by atoms with van der Waals surface area (Å²) in [4.78, 5) is 12.2. The van der Waals surface area contributed by atoms with Gasteiger partial charge >= 0.3 is 0 Å². The van der Waals surface area contributed by atoms with Crippen molar-refractivity contribution in [2.45, 2.75) is 25.5 Å². The highest BCUT2D eigenvalue weighted by atomic mass is 32.2. The molecular weight excluding hydrogens is 306 g/mol. The second kappa shape index (κ2) is 6.91. The summed E-state index contributed by atoms with van der Waals surface area (Å²) < 4.78 is 11.2. The summed E-state index contributed by atoms with van der Waals surface area (Å²) in [5, 5.41) is 12.1. The van der Waals surface area contributed by atoms with Gasteiger partial charge in [0, 0.05) is 34.3 Å². The molecule has 0 bridgehead atoms. The van der Waals surface area contributed by atoms with Gasteiger partial charge in [-0.15, -0.1) is 10.2 Å². The van der Waals surface area contributed by atoms with Gasteiger partial charge in [-0.25, -0.2) is 0 Å². The van der Waals surface area contributed by atoms with Crippen molar-refractivity contribution in [3.8, 4) is 0 Å². The number of carbonyl (C=O) groups excluding carboxylic acids is 1. The van der Waals surface area contributed by atoms with Crippen LogP contribution in [0.3, 0.4) is 0 Å². The Balaban J connectivity index is 2.10. The third kappa shape index (κ3) is 4.44. The Kier molecular flexibility index (Phi) is 5.19. The van der Waals surface area contributed by atoms with Gasteiger partial charge < -0.3 is 0 Å². The zero-order valence-corrected chi connectivity index (χ0v) is 13.8. The van der Waals surface area contributed by atoms with Gasteiger partial charge in [-0.1, -0.05) is 37.3 Å². The van der Waals surface area contributed by atoms with Gasteiger partial charge in [0.1, 0.15) is 5.01 Å². The van der Waals surface area contributed by atoms with Crippen LogP contribution in [0.2, 0.25) is 0 Å². The van der Waals surface area contributed by atoms with Crippen molar-refractivity contribution in [3.63, 3.8) is 0 Å². The molecule has 0 aliphatic carbocycles. The first-order valence-electron chi connectivity index (χ1n) is 6.49. The van der Waals surface area contributed by atoms with Gasteiger partial charge in [-0.05, 0) is 17.7 Å². The monoisotopic (exact) mass is 323 g/mol. The van der Waals surface area contributed by atoms with Gasteiger partial charge in [0.25, 0.3) is 5.91 Å². The highest BCUT2D eigenvalue weighted by molar-refractivity contribution is 7.83. The second-order valence-electron chi connectivity index (χ2n) is 4.97. The maximum atomic E-state index is 12.2. The van der Waals surface area contributed by atoms with Gasteiger partial charge in [0.15, 0.2) is 0 Å². The predicted octanol–water partition coefficient (Wildman–Crippen LogP) is 2.79. The Hall–Kier alpha value is -1.60. The number of carbonyl (C=O) groups is 1. The first-order chi connectivity index (χ1) is 9.95. The predicted molar refractivity (Wildman–Crippen MR) is 86.2 cm³/mol. The molecule has 0 saturated carbocycles. The molecule has 0 fully saturated rings. The number of nitrogens with zero attached hydrogens (tertiary/aromatic N) is 2. The molecule has 7 heteroatoms. The van der Waals surface area contributed by atoms with E-state index in [-0.39, 0.29) is 11.8 Å². The van der Waals surface area contributed by atoms with E-state index in [0.717, 1.165) is 10.6 Å². The molecule has 0 aliphatic rings. The Morgan fingerprint density at radius 1 is 1.38 bits per heavy atom. The van der Waals surface area contributed by atoms with E-state index >= 15 is 0 Å². The number of hydrogen-bond donors (Lipinski definition) is 1. The summed E-state index contributed by atoms with van der Waals surface area (Å²) in [5.74, 6) is 0.499. The van der Waals surface area contributed by atoms with E-state index in [0.29, 0.717) is 16.4 Å². The van der Waals surface area contributed by atoms with Crippen molar-refractivity contribution in [2.75, 3.05) is 11.6 Å². The molecular formula is C14H17N3O2S2. The molecule has 0 spiro atoms. The molecule has 1 atom stereocenters. The lowest BCUT2D eigenvalue weighted by molar-refractivity contribution is 0.102. The molecule has 1 amide bonds. The fourth-order valence-electron chi connectivity index (χ4n) is 1.72. The average molecular weight is 323 g/mol. The van der Waals surface area contributed by atoms with Crippen molar-refractivity contribution in [1.82, 2.24) is 10.2 Å². The molecule has 2 aromatic rings. The highest BCUT2D eigenvalue weighted by Gasteiger charge is 2.12. The Morgan fingerprint density at radius 3 is 2.76 bits per heavy atom. The van der Waals surface area contributed by atoms with Crippen LogP contribution in [0.15, 0.2) is 24.3 Å². The van der Waals surface area contributed by atoms with Crippen LogP contribution in [0.25, 0.3) is 0 Å². The van der Waals surface area contributed by atoms with Crippen LogP contribution in [-0.4, -0.2) is 26.6 Å². The zero-order chi connectivity index (χ0) is 15.4. The minimum absolute atomic E-state index is 0.231. The first-order valence-corrected chi connectivity index (χ1v) is 9.04. The van der Waals surface area contributed by atoms with Crippen molar-refractivity contribution in [2.24, 2.45) is 0 Å².